The Morgan fingerprint density at radius 2 is 1.60 bits per heavy atom. The summed E-state index contributed by atoms with van der Waals surface area (Å²) < 4.78 is 16.5. The van der Waals surface area contributed by atoms with Gasteiger partial charge in [-0.2, -0.15) is 0 Å². The second kappa shape index (κ2) is 8.04. The minimum atomic E-state index is 0.0131. The van der Waals surface area contributed by atoms with Crippen LogP contribution in [0.2, 0.25) is 0 Å². The standard InChI is InChI=1S/C22H21N5O3/c1-28-19-10-8-16(12-20(19)29-2)30-15-6-3-13(4-7-15)21-26-17-9-5-14(25-22(23)24)11-18(17)27-21/h3-12H,1-2H3,(H,26,27)(H4,23,24,25). The molecule has 0 aliphatic heterocycles. The first-order valence-electron chi connectivity index (χ1n) is 9.15. The molecule has 0 aliphatic carbocycles. The third kappa shape index (κ3) is 3.97. The Morgan fingerprint density at radius 1 is 0.867 bits per heavy atom. The van der Waals surface area contributed by atoms with E-state index in [0.29, 0.717) is 28.7 Å². The summed E-state index contributed by atoms with van der Waals surface area (Å²) >= 11 is 0. The lowest BCUT2D eigenvalue weighted by molar-refractivity contribution is 0.352. The van der Waals surface area contributed by atoms with Crippen molar-refractivity contribution >= 4 is 22.7 Å². The van der Waals surface area contributed by atoms with Crippen LogP contribution in [0.5, 0.6) is 23.0 Å². The fraction of sp³-hybridized carbons (Fsp3) is 0.0909. The fourth-order valence-electron chi connectivity index (χ4n) is 3.05. The van der Waals surface area contributed by atoms with Crippen LogP contribution in [0.1, 0.15) is 0 Å². The van der Waals surface area contributed by atoms with Crippen molar-refractivity contribution in [3.8, 4) is 34.4 Å². The van der Waals surface area contributed by atoms with Crippen LogP contribution in [-0.2, 0) is 0 Å². The summed E-state index contributed by atoms with van der Waals surface area (Å²) in [4.78, 5) is 12.0. The van der Waals surface area contributed by atoms with E-state index in [1.807, 2.05) is 48.5 Å². The molecule has 0 unspecified atom stereocenters. The predicted octanol–water partition coefficient (Wildman–Crippen LogP) is 3.94. The number of benzene rings is 3. The molecular formula is C22H21N5O3. The van der Waals surface area contributed by atoms with E-state index in [1.54, 1.807) is 26.4 Å². The van der Waals surface area contributed by atoms with Crippen molar-refractivity contribution in [2.24, 2.45) is 16.5 Å². The average Bonchev–Trinajstić information content (AvgIpc) is 3.17. The molecule has 4 rings (SSSR count). The van der Waals surface area contributed by atoms with Gasteiger partial charge in [-0.05, 0) is 54.6 Å². The third-order valence-corrected chi connectivity index (χ3v) is 4.44. The number of rotatable bonds is 6. The lowest BCUT2D eigenvalue weighted by atomic mass is 10.2. The summed E-state index contributed by atoms with van der Waals surface area (Å²) in [6.45, 7) is 0. The lowest BCUT2D eigenvalue weighted by Gasteiger charge is -2.10. The molecule has 0 atom stereocenters. The molecule has 0 aliphatic rings. The minimum Gasteiger partial charge on any atom is -0.493 e. The van der Waals surface area contributed by atoms with Gasteiger partial charge in [0.2, 0.25) is 0 Å². The van der Waals surface area contributed by atoms with E-state index in [0.717, 1.165) is 22.4 Å². The van der Waals surface area contributed by atoms with E-state index in [9.17, 15) is 0 Å². The highest BCUT2D eigenvalue weighted by Crippen LogP contribution is 2.33. The van der Waals surface area contributed by atoms with E-state index >= 15 is 0 Å². The van der Waals surface area contributed by atoms with Gasteiger partial charge in [-0.3, -0.25) is 0 Å². The number of nitrogens with two attached hydrogens (primary N) is 2. The van der Waals surface area contributed by atoms with Crippen molar-refractivity contribution < 1.29 is 14.2 Å². The van der Waals surface area contributed by atoms with E-state index in [2.05, 4.69) is 15.0 Å². The van der Waals surface area contributed by atoms with Crippen molar-refractivity contribution in [3.05, 3.63) is 60.7 Å². The molecule has 0 bridgehead atoms. The number of nitrogens with zero attached hydrogens (tertiary/aromatic N) is 2. The molecule has 4 aromatic rings. The smallest absolute Gasteiger partial charge is 0.191 e. The van der Waals surface area contributed by atoms with Gasteiger partial charge in [0.15, 0.2) is 17.5 Å². The van der Waals surface area contributed by atoms with Gasteiger partial charge in [-0.25, -0.2) is 9.98 Å². The summed E-state index contributed by atoms with van der Waals surface area (Å²) in [5.41, 5.74) is 14.1. The first kappa shape index (κ1) is 19.1. The molecular weight excluding hydrogens is 382 g/mol. The number of aromatic nitrogens is 2. The number of methoxy groups -OCH3 is 2. The summed E-state index contributed by atoms with van der Waals surface area (Å²) in [6, 6.07) is 18.6. The molecule has 0 spiro atoms. The fourth-order valence-corrected chi connectivity index (χ4v) is 3.05. The first-order valence-corrected chi connectivity index (χ1v) is 9.15. The van der Waals surface area contributed by atoms with Crippen molar-refractivity contribution in [1.29, 1.82) is 0 Å². The molecule has 3 aromatic carbocycles. The SMILES string of the molecule is COc1ccc(Oc2ccc(-c3nc4ccc(N=C(N)N)cc4[nH]3)cc2)cc1OC. The van der Waals surface area contributed by atoms with Crippen molar-refractivity contribution in [2.75, 3.05) is 14.2 Å². The Bertz CT molecular complexity index is 1210. The zero-order valence-corrected chi connectivity index (χ0v) is 16.5. The van der Waals surface area contributed by atoms with E-state index in [4.69, 9.17) is 25.7 Å². The van der Waals surface area contributed by atoms with Crippen LogP contribution >= 0.6 is 0 Å². The first-order chi connectivity index (χ1) is 14.6. The molecule has 152 valence electrons. The molecule has 0 saturated heterocycles. The van der Waals surface area contributed by atoms with E-state index < -0.39 is 0 Å². The van der Waals surface area contributed by atoms with Gasteiger partial charge in [0.1, 0.15) is 17.3 Å². The molecule has 0 radical (unpaired) electrons. The molecule has 1 heterocycles. The maximum Gasteiger partial charge on any atom is 0.191 e. The zero-order valence-electron chi connectivity index (χ0n) is 16.5. The predicted molar refractivity (Wildman–Crippen MR) is 117 cm³/mol. The monoisotopic (exact) mass is 403 g/mol. The lowest BCUT2D eigenvalue weighted by Crippen LogP contribution is -2.21. The van der Waals surface area contributed by atoms with Gasteiger partial charge in [0, 0.05) is 11.6 Å². The number of hydrogen-bond donors (Lipinski definition) is 3. The molecule has 30 heavy (non-hydrogen) atoms. The molecule has 5 N–H and O–H groups in total. The number of imidazole rings is 1. The van der Waals surface area contributed by atoms with Crippen LogP contribution in [0.4, 0.5) is 5.69 Å². The van der Waals surface area contributed by atoms with Gasteiger partial charge in [-0.1, -0.05) is 0 Å². The molecule has 0 amide bonds. The van der Waals surface area contributed by atoms with Gasteiger partial charge < -0.3 is 30.7 Å². The van der Waals surface area contributed by atoms with Gasteiger partial charge in [0.05, 0.1) is 30.9 Å². The summed E-state index contributed by atoms with van der Waals surface area (Å²) in [5.74, 6) is 3.35. The summed E-state index contributed by atoms with van der Waals surface area (Å²) in [7, 11) is 3.18. The van der Waals surface area contributed by atoms with E-state index in [-0.39, 0.29) is 5.96 Å². The highest BCUT2D eigenvalue weighted by atomic mass is 16.5. The second-order valence-electron chi connectivity index (χ2n) is 6.47. The Morgan fingerprint density at radius 3 is 2.30 bits per heavy atom. The second-order valence-corrected chi connectivity index (χ2v) is 6.47. The number of fused-ring (bicyclic) bond motifs is 1. The number of ether oxygens (including phenoxy) is 3. The quantitative estimate of drug-likeness (QED) is 0.331. The Hall–Kier alpha value is -4.20. The van der Waals surface area contributed by atoms with Gasteiger partial charge >= 0.3 is 0 Å². The van der Waals surface area contributed by atoms with Crippen LogP contribution in [0, 0.1) is 0 Å². The summed E-state index contributed by atoms with van der Waals surface area (Å²) in [6.07, 6.45) is 0. The highest BCUT2D eigenvalue weighted by Gasteiger charge is 2.09. The van der Waals surface area contributed by atoms with Gasteiger partial charge in [-0.15, -0.1) is 0 Å². The molecule has 8 nitrogen and oxygen atoms in total. The normalized spacial score (nSPS) is 10.6. The Labute approximate surface area is 173 Å². The number of aromatic amines is 1. The molecule has 8 heteroatoms. The number of nitrogens with one attached hydrogen (secondary N) is 1. The highest BCUT2D eigenvalue weighted by molar-refractivity contribution is 5.85. The van der Waals surface area contributed by atoms with Crippen LogP contribution in [-0.4, -0.2) is 30.1 Å². The molecule has 0 fully saturated rings. The average molecular weight is 403 g/mol. The zero-order chi connectivity index (χ0) is 21.1. The van der Waals surface area contributed by atoms with Gasteiger partial charge in [0.25, 0.3) is 0 Å². The summed E-state index contributed by atoms with van der Waals surface area (Å²) in [5, 5.41) is 0. The number of aliphatic imine (C=N–C) groups is 1. The van der Waals surface area contributed by atoms with Crippen LogP contribution in [0.3, 0.4) is 0 Å². The third-order valence-electron chi connectivity index (χ3n) is 4.44. The van der Waals surface area contributed by atoms with E-state index in [1.165, 1.54) is 0 Å². The van der Waals surface area contributed by atoms with Crippen LogP contribution in [0.25, 0.3) is 22.4 Å². The number of guanidine groups is 1. The minimum absolute atomic E-state index is 0.0131. The largest absolute Gasteiger partial charge is 0.493 e. The molecule has 0 saturated carbocycles. The van der Waals surface area contributed by atoms with Crippen LogP contribution < -0.4 is 25.7 Å². The Kier molecular flexibility index (Phi) is 5.13. The molecule has 1 aromatic heterocycles. The topological polar surface area (TPSA) is 121 Å². The van der Waals surface area contributed by atoms with Crippen LogP contribution in [0.15, 0.2) is 65.7 Å². The Balaban J connectivity index is 1.55. The maximum atomic E-state index is 5.92. The van der Waals surface area contributed by atoms with Crippen molar-refractivity contribution in [1.82, 2.24) is 9.97 Å². The maximum absolute atomic E-state index is 5.92. The van der Waals surface area contributed by atoms with Crippen molar-refractivity contribution in [3.63, 3.8) is 0 Å². The number of hydrogen-bond acceptors (Lipinski definition) is 5. The number of H-pyrrole nitrogens is 1. The van der Waals surface area contributed by atoms with Crippen molar-refractivity contribution in [2.45, 2.75) is 0 Å².